The fourth-order valence-corrected chi connectivity index (χ4v) is 2.83. The van der Waals surface area contributed by atoms with E-state index in [2.05, 4.69) is 44.3 Å². The fourth-order valence-electron chi connectivity index (χ4n) is 2.83. The lowest BCUT2D eigenvalue weighted by molar-refractivity contribution is 0.142. The van der Waals surface area contributed by atoms with Gasteiger partial charge in [-0.05, 0) is 36.0 Å². The number of aliphatic hydroxyl groups is 1. The van der Waals surface area contributed by atoms with Crippen LogP contribution in [-0.4, -0.2) is 24.4 Å². The highest BCUT2D eigenvalue weighted by Gasteiger charge is 2.17. The Morgan fingerprint density at radius 3 is 2.85 bits per heavy atom. The molecule has 1 heterocycles. The predicted molar refractivity (Wildman–Crippen MR) is 82.1 cm³/mol. The van der Waals surface area contributed by atoms with Gasteiger partial charge < -0.3 is 15.2 Å². The molecule has 0 radical (unpaired) electrons. The van der Waals surface area contributed by atoms with Gasteiger partial charge in [-0.1, -0.05) is 32.9 Å². The van der Waals surface area contributed by atoms with Gasteiger partial charge in [0.25, 0.3) is 0 Å². The molecule has 1 aromatic rings. The summed E-state index contributed by atoms with van der Waals surface area (Å²) in [5.74, 6) is 1.56. The minimum absolute atomic E-state index is 0.262. The van der Waals surface area contributed by atoms with Gasteiger partial charge in [0.1, 0.15) is 5.75 Å². The van der Waals surface area contributed by atoms with Gasteiger partial charge in [0.05, 0.1) is 12.7 Å². The first-order valence-electron chi connectivity index (χ1n) is 7.77. The molecule has 2 N–H and O–H groups in total. The summed E-state index contributed by atoms with van der Waals surface area (Å²) >= 11 is 0. The van der Waals surface area contributed by atoms with Gasteiger partial charge in [-0.15, -0.1) is 0 Å². The van der Waals surface area contributed by atoms with Gasteiger partial charge in [0.15, 0.2) is 0 Å². The third-order valence-electron chi connectivity index (χ3n) is 3.87. The Hall–Kier alpha value is -1.06. The highest BCUT2D eigenvalue weighted by molar-refractivity contribution is 5.40. The number of ether oxygens (including phenoxy) is 1. The molecule has 0 bridgehead atoms. The SMILES string of the molecule is CCC(NCC(O)CC(C)C)c1ccc2c(c1)CCO2. The molecule has 2 unspecified atom stereocenters. The molecule has 2 rings (SSSR count). The molecule has 0 amide bonds. The highest BCUT2D eigenvalue weighted by Crippen LogP contribution is 2.29. The van der Waals surface area contributed by atoms with Gasteiger partial charge >= 0.3 is 0 Å². The summed E-state index contributed by atoms with van der Waals surface area (Å²) in [6.45, 7) is 7.92. The number of hydrogen-bond donors (Lipinski definition) is 2. The largest absolute Gasteiger partial charge is 0.493 e. The van der Waals surface area contributed by atoms with Crippen LogP contribution in [0.25, 0.3) is 0 Å². The van der Waals surface area contributed by atoms with E-state index in [-0.39, 0.29) is 6.10 Å². The van der Waals surface area contributed by atoms with Gasteiger partial charge in [-0.25, -0.2) is 0 Å². The van der Waals surface area contributed by atoms with Crippen molar-refractivity contribution in [2.45, 2.75) is 52.2 Å². The number of hydrogen-bond acceptors (Lipinski definition) is 3. The third kappa shape index (κ3) is 3.97. The highest BCUT2D eigenvalue weighted by atomic mass is 16.5. The second-order valence-corrected chi connectivity index (χ2v) is 6.12. The van der Waals surface area contributed by atoms with E-state index in [1.165, 1.54) is 11.1 Å². The first-order valence-corrected chi connectivity index (χ1v) is 7.77. The Morgan fingerprint density at radius 2 is 2.15 bits per heavy atom. The average molecular weight is 277 g/mol. The summed E-state index contributed by atoms with van der Waals surface area (Å²) in [4.78, 5) is 0. The van der Waals surface area contributed by atoms with Crippen LogP contribution in [0.3, 0.4) is 0 Å². The summed E-state index contributed by atoms with van der Waals surface area (Å²) in [6, 6.07) is 6.77. The summed E-state index contributed by atoms with van der Waals surface area (Å²) in [6.07, 6.45) is 2.62. The molecule has 1 aliphatic heterocycles. The van der Waals surface area contributed by atoms with Gasteiger partial charge in [-0.3, -0.25) is 0 Å². The number of aliphatic hydroxyl groups excluding tert-OH is 1. The zero-order chi connectivity index (χ0) is 14.5. The normalized spacial score (nSPS) is 16.9. The van der Waals surface area contributed by atoms with Crippen LogP contribution in [0.1, 0.15) is 50.8 Å². The molecule has 20 heavy (non-hydrogen) atoms. The first-order chi connectivity index (χ1) is 9.60. The molecule has 2 atom stereocenters. The van der Waals surface area contributed by atoms with Crippen molar-refractivity contribution in [3.63, 3.8) is 0 Å². The molecule has 0 saturated carbocycles. The maximum absolute atomic E-state index is 9.98. The maximum Gasteiger partial charge on any atom is 0.122 e. The van der Waals surface area contributed by atoms with E-state index in [1.54, 1.807) is 0 Å². The smallest absolute Gasteiger partial charge is 0.122 e. The third-order valence-corrected chi connectivity index (χ3v) is 3.87. The van der Waals surface area contributed by atoms with Crippen LogP contribution in [0, 0.1) is 5.92 Å². The van der Waals surface area contributed by atoms with E-state index >= 15 is 0 Å². The quantitative estimate of drug-likeness (QED) is 0.805. The number of nitrogens with one attached hydrogen (secondary N) is 1. The zero-order valence-electron chi connectivity index (χ0n) is 12.9. The number of fused-ring (bicyclic) bond motifs is 1. The summed E-state index contributed by atoms with van der Waals surface area (Å²) < 4.78 is 5.55. The van der Waals surface area contributed by atoms with E-state index in [9.17, 15) is 5.11 Å². The molecule has 0 spiro atoms. The molecule has 0 fully saturated rings. The van der Waals surface area contributed by atoms with Crippen molar-refractivity contribution in [3.05, 3.63) is 29.3 Å². The molecule has 3 nitrogen and oxygen atoms in total. The van der Waals surface area contributed by atoms with Crippen LogP contribution >= 0.6 is 0 Å². The van der Waals surface area contributed by atoms with Crippen molar-refractivity contribution in [2.24, 2.45) is 5.92 Å². The van der Waals surface area contributed by atoms with Crippen molar-refractivity contribution < 1.29 is 9.84 Å². The Morgan fingerprint density at radius 1 is 1.35 bits per heavy atom. The Balaban J connectivity index is 1.94. The first kappa shape index (κ1) is 15.3. The second-order valence-electron chi connectivity index (χ2n) is 6.12. The van der Waals surface area contributed by atoms with Crippen molar-refractivity contribution in [1.29, 1.82) is 0 Å². The van der Waals surface area contributed by atoms with Gasteiger partial charge in [-0.2, -0.15) is 0 Å². The van der Waals surface area contributed by atoms with Crippen LogP contribution in [0.15, 0.2) is 18.2 Å². The van der Waals surface area contributed by atoms with Crippen molar-refractivity contribution in [1.82, 2.24) is 5.32 Å². The van der Waals surface area contributed by atoms with Crippen LogP contribution in [-0.2, 0) is 6.42 Å². The topological polar surface area (TPSA) is 41.5 Å². The minimum atomic E-state index is -0.262. The average Bonchev–Trinajstić information content (AvgIpc) is 2.86. The van der Waals surface area contributed by atoms with E-state index in [0.717, 1.165) is 31.6 Å². The van der Waals surface area contributed by atoms with Crippen molar-refractivity contribution in [3.8, 4) is 5.75 Å². The molecule has 0 saturated heterocycles. The zero-order valence-corrected chi connectivity index (χ0v) is 12.9. The van der Waals surface area contributed by atoms with Crippen molar-refractivity contribution in [2.75, 3.05) is 13.2 Å². The summed E-state index contributed by atoms with van der Waals surface area (Å²) in [7, 11) is 0. The number of rotatable bonds is 7. The lowest BCUT2D eigenvalue weighted by Crippen LogP contribution is -2.31. The monoisotopic (exact) mass is 277 g/mol. The molecule has 3 heteroatoms. The summed E-state index contributed by atoms with van der Waals surface area (Å²) in [5.41, 5.74) is 2.61. The van der Waals surface area contributed by atoms with Gasteiger partial charge in [0, 0.05) is 19.0 Å². The molecule has 1 aliphatic rings. The lowest BCUT2D eigenvalue weighted by Gasteiger charge is -2.21. The molecular weight excluding hydrogens is 250 g/mol. The Bertz CT molecular complexity index is 431. The molecule has 112 valence electrons. The standard InChI is InChI=1S/C17H27NO2/c1-4-16(18-11-15(19)9-12(2)3)13-5-6-17-14(10-13)7-8-20-17/h5-6,10,12,15-16,18-19H,4,7-9,11H2,1-3H3. The Kier molecular flexibility index (Phi) is 5.44. The Labute approximate surface area is 122 Å². The van der Waals surface area contributed by atoms with E-state index in [0.29, 0.717) is 18.5 Å². The predicted octanol–water partition coefficient (Wildman–Crippen LogP) is 3.07. The minimum Gasteiger partial charge on any atom is -0.493 e. The van der Waals surface area contributed by atoms with E-state index in [4.69, 9.17) is 4.74 Å². The number of benzene rings is 1. The van der Waals surface area contributed by atoms with E-state index in [1.807, 2.05) is 0 Å². The van der Waals surface area contributed by atoms with Gasteiger partial charge in [0.2, 0.25) is 0 Å². The molecule has 0 aromatic heterocycles. The van der Waals surface area contributed by atoms with Crippen LogP contribution in [0.2, 0.25) is 0 Å². The van der Waals surface area contributed by atoms with E-state index < -0.39 is 0 Å². The van der Waals surface area contributed by atoms with Crippen LogP contribution in [0.5, 0.6) is 5.75 Å². The molecular formula is C17H27NO2. The fraction of sp³-hybridized carbons (Fsp3) is 0.647. The molecule has 0 aliphatic carbocycles. The van der Waals surface area contributed by atoms with Crippen LogP contribution in [0.4, 0.5) is 0 Å². The lowest BCUT2D eigenvalue weighted by atomic mass is 10.00. The second kappa shape index (κ2) is 7.09. The molecule has 1 aromatic carbocycles. The van der Waals surface area contributed by atoms with Crippen molar-refractivity contribution >= 4 is 0 Å². The maximum atomic E-state index is 9.98. The van der Waals surface area contributed by atoms with Crippen LogP contribution < -0.4 is 10.1 Å². The summed E-state index contributed by atoms with van der Waals surface area (Å²) in [5, 5.41) is 13.5.